The van der Waals surface area contributed by atoms with E-state index in [4.69, 9.17) is 0 Å². The van der Waals surface area contributed by atoms with Gasteiger partial charge in [-0.1, -0.05) is 243 Å². The summed E-state index contributed by atoms with van der Waals surface area (Å²) >= 11 is 0. The van der Waals surface area contributed by atoms with E-state index in [1.54, 1.807) is 0 Å². The summed E-state index contributed by atoms with van der Waals surface area (Å²) in [5.41, 5.74) is 21.9. The van der Waals surface area contributed by atoms with Crippen molar-refractivity contribution in [1.82, 2.24) is 4.57 Å². The quantitative estimate of drug-likeness (QED) is 0.127. The van der Waals surface area contributed by atoms with E-state index in [2.05, 4.69) is 284 Å². The molecule has 0 saturated heterocycles. The predicted octanol–water partition coefficient (Wildman–Crippen LogP) is 17.3. The second-order valence-electron chi connectivity index (χ2n) is 18.4. The zero-order valence-electron chi connectivity index (χ0n) is 38.1. The molecule has 1 aliphatic carbocycles. The molecule has 1 heterocycles. The molecule has 0 bridgehead atoms. The van der Waals surface area contributed by atoms with Crippen molar-refractivity contribution >= 4 is 21.8 Å². The first kappa shape index (κ1) is 40.5. The SMILES string of the molecule is c1ccc(-c2ccc(C(c3ccc(-c4cccc(-c5ccc6c(c5)c5ccccc5n6-c5ccccc5)c4)cc3)c3ccc4c(c3)C(c3ccccc3)(c3ccccc3)c3ccccc3-4)cc2)cc1. The number of rotatable bonds is 9. The summed E-state index contributed by atoms with van der Waals surface area (Å²) in [6, 6.07) is 103. The van der Waals surface area contributed by atoms with E-state index in [-0.39, 0.29) is 5.92 Å². The van der Waals surface area contributed by atoms with E-state index >= 15 is 0 Å². The first-order valence-electron chi connectivity index (χ1n) is 24.0. The second-order valence-corrected chi connectivity index (χ2v) is 18.4. The Bertz CT molecular complexity index is 3750. The molecule has 12 aromatic rings. The molecule has 324 valence electrons. The third kappa shape index (κ3) is 6.77. The highest BCUT2D eigenvalue weighted by atomic mass is 15.0. The minimum atomic E-state index is -0.482. The highest BCUT2D eigenvalue weighted by Crippen LogP contribution is 2.57. The molecule has 0 N–H and O–H groups in total. The zero-order valence-corrected chi connectivity index (χ0v) is 38.1. The van der Waals surface area contributed by atoms with Gasteiger partial charge in [-0.3, -0.25) is 0 Å². The number of hydrogen-bond acceptors (Lipinski definition) is 0. The van der Waals surface area contributed by atoms with Crippen LogP contribution in [0.5, 0.6) is 0 Å². The molecule has 1 heteroatoms. The molecule has 0 spiro atoms. The fourth-order valence-electron chi connectivity index (χ4n) is 11.5. The van der Waals surface area contributed by atoms with Crippen molar-refractivity contribution in [1.29, 1.82) is 0 Å². The highest BCUT2D eigenvalue weighted by Gasteiger charge is 2.46. The minimum absolute atomic E-state index is 0.0155. The van der Waals surface area contributed by atoms with Crippen LogP contribution in [-0.4, -0.2) is 4.57 Å². The number of benzene rings is 11. The lowest BCUT2D eigenvalue weighted by molar-refractivity contribution is 0.765. The van der Waals surface area contributed by atoms with Crippen LogP contribution in [-0.2, 0) is 5.41 Å². The van der Waals surface area contributed by atoms with Gasteiger partial charge in [0.05, 0.1) is 16.4 Å². The number of para-hydroxylation sites is 2. The van der Waals surface area contributed by atoms with Crippen molar-refractivity contribution < 1.29 is 0 Å². The van der Waals surface area contributed by atoms with Gasteiger partial charge in [0.25, 0.3) is 0 Å². The Balaban J connectivity index is 0.919. The summed E-state index contributed by atoms with van der Waals surface area (Å²) < 4.78 is 2.38. The van der Waals surface area contributed by atoms with E-state index in [9.17, 15) is 0 Å². The lowest BCUT2D eigenvalue weighted by Gasteiger charge is -2.34. The topological polar surface area (TPSA) is 4.93 Å². The van der Waals surface area contributed by atoms with E-state index in [1.165, 1.54) is 111 Å². The van der Waals surface area contributed by atoms with Crippen molar-refractivity contribution in [3.8, 4) is 50.2 Å². The molecule has 0 fully saturated rings. The first-order chi connectivity index (χ1) is 34.2. The number of fused-ring (bicyclic) bond motifs is 6. The fourth-order valence-corrected chi connectivity index (χ4v) is 11.5. The molecule has 1 atom stereocenters. The van der Waals surface area contributed by atoms with Crippen LogP contribution in [0.2, 0.25) is 0 Å². The molecule has 1 aromatic heterocycles. The molecule has 0 amide bonds. The molecule has 13 rings (SSSR count). The first-order valence-corrected chi connectivity index (χ1v) is 24.0. The summed E-state index contributed by atoms with van der Waals surface area (Å²) in [5.74, 6) is -0.0155. The van der Waals surface area contributed by atoms with Crippen molar-refractivity contribution in [3.05, 3.63) is 318 Å². The largest absolute Gasteiger partial charge is 0.309 e. The van der Waals surface area contributed by atoms with E-state index < -0.39 is 5.41 Å². The molecule has 0 saturated carbocycles. The van der Waals surface area contributed by atoms with Crippen molar-refractivity contribution in [3.63, 3.8) is 0 Å². The maximum atomic E-state index is 2.52. The third-order valence-corrected chi connectivity index (χ3v) is 14.6. The van der Waals surface area contributed by atoms with Crippen LogP contribution in [0.3, 0.4) is 0 Å². The maximum Gasteiger partial charge on any atom is 0.0713 e. The Morgan fingerprint density at radius 3 is 1.42 bits per heavy atom. The van der Waals surface area contributed by atoms with Crippen LogP contribution < -0.4 is 0 Å². The van der Waals surface area contributed by atoms with Gasteiger partial charge in [0.2, 0.25) is 0 Å². The normalized spacial score (nSPS) is 13.0. The molecule has 1 aliphatic rings. The summed E-state index contributed by atoms with van der Waals surface area (Å²) in [6.07, 6.45) is 0. The lowest BCUT2D eigenvalue weighted by atomic mass is 9.67. The van der Waals surface area contributed by atoms with Gasteiger partial charge < -0.3 is 4.57 Å². The maximum absolute atomic E-state index is 2.52. The van der Waals surface area contributed by atoms with Gasteiger partial charge in [-0.05, 0) is 120 Å². The Morgan fingerprint density at radius 2 is 0.739 bits per heavy atom. The average molecular weight is 878 g/mol. The van der Waals surface area contributed by atoms with Gasteiger partial charge in [0.1, 0.15) is 0 Å². The third-order valence-electron chi connectivity index (χ3n) is 14.6. The Labute approximate surface area is 403 Å². The number of nitrogens with zero attached hydrogens (tertiary/aromatic N) is 1. The summed E-state index contributed by atoms with van der Waals surface area (Å²) in [6.45, 7) is 0. The summed E-state index contributed by atoms with van der Waals surface area (Å²) in [5, 5.41) is 2.51. The van der Waals surface area contributed by atoms with Crippen LogP contribution >= 0.6 is 0 Å². The molecular weight excluding hydrogens is 831 g/mol. The molecular formula is C68H47N. The Morgan fingerprint density at radius 1 is 0.275 bits per heavy atom. The van der Waals surface area contributed by atoms with Crippen LogP contribution in [0.1, 0.15) is 44.9 Å². The van der Waals surface area contributed by atoms with E-state index in [0.29, 0.717) is 0 Å². The van der Waals surface area contributed by atoms with E-state index in [0.717, 1.165) is 0 Å². The van der Waals surface area contributed by atoms with E-state index in [1.807, 2.05) is 0 Å². The predicted molar refractivity (Wildman–Crippen MR) is 288 cm³/mol. The standard InChI is InChI=1S/C68H47N/c1-5-18-47(19-6-1)48-32-36-50(37-33-48)67(55-40-42-60-59-28-13-15-30-63(59)68(64(60)46-55,56-22-7-2-8-23-56)57-24-9-3-10-25-57)51-38-34-49(35-39-51)52-20-17-21-53(44-52)54-41-43-66-62(45-54)61-29-14-16-31-65(61)69(66)58-26-11-4-12-27-58/h1-46,67H. The van der Waals surface area contributed by atoms with Gasteiger partial charge in [-0.15, -0.1) is 0 Å². The van der Waals surface area contributed by atoms with Crippen LogP contribution in [0.25, 0.3) is 72.0 Å². The van der Waals surface area contributed by atoms with Gasteiger partial charge in [-0.2, -0.15) is 0 Å². The number of hydrogen-bond donors (Lipinski definition) is 0. The molecule has 0 radical (unpaired) electrons. The second kappa shape index (κ2) is 16.8. The van der Waals surface area contributed by atoms with Gasteiger partial charge in [0.15, 0.2) is 0 Å². The molecule has 1 nitrogen and oxygen atoms in total. The lowest BCUT2D eigenvalue weighted by Crippen LogP contribution is -2.28. The molecule has 11 aromatic carbocycles. The summed E-state index contributed by atoms with van der Waals surface area (Å²) in [7, 11) is 0. The molecule has 69 heavy (non-hydrogen) atoms. The van der Waals surface area contributed by atoms with Crippen molar-refractivity contribution in [2.45, 2.75) is 11.3 Å². The zero-order chi connectivity index (χ0) is 45.7. The number of aromatic nitrogens is 1. The minimum Gasteiger partial charge on any atom is -0.309 e. The monoisotopic (exact) mass is 877 g/mol. The Hall–Kier alpha value is -8.78. The smallest absolute Gasteiger partial charge is 0.0713 e. The highest BCUT2D eigenvalue weighted by molar-refractivity contribution is 6.10. The van der Waals surface area contributed by atoms with Crippen LogP contribution in [0.15, 0.2) is 279 Å². The fraction of sp³-hybridized carbons (Fsp3) is 0.0294. The van der Waals surface area contributed by atoms with Crippen molar-refractivity contribution in [2.24, 2.45) is 0 Å². The van der Waals surface area contributed by atoms with Crippen LogP contribution in [0.4, 0.5) is 0 Å². The Kier molecular flexibility index (Phi) is 9.87. The van der Waals surface area contributed by atoms with Gasteiger partial charge in [-0.25, -0.2) is 0 Å². The molecule has 1 unspecified atom stereocenters. The average Bonchev–Trinajstić information content (AvgIpc) is 3.92. The molecule has 0 aliphatic heterocycles. The summed E-state index contributed by atoms with van der Waals surface area (Å²) in [4.78, 5) is 0. The van der Waals surface area contributed by atoms with Crippen LogP contribution in [0, 0.1) is 0 Å². The van der Waals surface area contributed by atoms with Gasteiger partial charge >= 0.3 is 0 Å². The van der Waals surface area contributed by atoms with Crippen molar-refractivity contribution in [2.75, 3.05) is 0 Å². The van der Waals surface area contributed by atoms with Gasteiger partial charge in [0, 0.05) is 22.4 Å².